The van der Waals surface area contributed by atoms with Gasteiger partial charge >= 0.3 is 0 Å². The van der Waals surface area contributed by atoms with E-state index in [9.17, 15) is 9.90 Å². The summed E-state index contributed by atoms with van der Waals surface area (Å²) in [4.78, 5) is 14.7. The van der Waals surface area contributed by atoms with E-state index in [2.05, 4.69) is 22.3 Å². The topological polar surface area (TPSA) is 52.6 Å². The highest BCUT2D eigenvalue weighted by molar-refractivity contribution is 5.81. The first kappa shape index (κ1) is 17.0. The number of aliphatic hydroxyl groups excluding tert-OH is 1. The molecular weight excluding hydrogens is 276 g/mol. The van der Waals surface area contributed by atoms with Crippen LogP contribution < -0.4 is 5.32 Å². The largest absolute Gasteiger partial charge is 0.391 e. The standard InChI is InChI=1S/C18H28N2O2/c1-14(2)17(21)12-19-18(22)16-10-6-7-11-20(16)13-15-8-4-3-5-9-15/h3-5,8-9,14,16-17,21H,6-7,10-13H2,1-2H3,(H,19,22). The number of amides is 1. The predicted octanol–water partition coefficient (Wildman–Crippen LogP) is 2.17. The van der Waals surface area contributed by atoms with Crippen LogP contribution in [0.1, 0.15) is 38.7 Å². The molecule has 1 fully saturated rings. The summed E-state index contributed by atoms with van der Waals surface area (Å²) in [6, 6.07) is 10.2. The fourth-order valence-electron chi connectivity index (χ4n) is 2.85. The summed E-state index contributed by atoms with van der Waals surface area (Å²) in [5, 5.41) is 12.8. The van der Waals surface area contributed by atoms with Crippen LogP contribution in [0.15, 0.2) is 30.3 Å². The van der Waals surface area contributed by atoms with E-state index in [0.717, 1.165) is 32.4 Å². The van der Waals surface area contributed by atoms with Gasteiger partial charge in [-0.3, -0.25) is 9.69 Å². The second kappa shape index (κ2) is 8.30. The molecule has 0 radical (unpaired) electrons. The van der Waals surface area contributed by atoms with Crippen LogP contribution in [0.4, 0.5) is 0 Å². The van der Waals surface area contributed by atoms with Crippen molar-refractivity contribution in [3.05, 3.63) is 35.9 Å². The van der Waals surface area contributed by atoms with Gasteiger partial charge in [-0.25, -0.2) is 0 Å². The fourth-order valence-corrected chi connectivity index (χ4v) is 2.85. The number of piperidine rings is 1. The first-order chi connectivity index (χ1) is 10.6. The van der Waals surface area contributed by atoms with E-state index in [-0.39, 0.29) is 17.9 Å². The molecule has 22 heavy (non-hydrogen) atoms. The molecular formula is C18H28N2O2. The second-order valence-electron chi connectivity index (χ2n) is 6.52. The van der Waals surface area contributed by atoms with Gasteiger partial charge in [-0.1, -0.05) is 50.6 Å². The van der Waals surface area contributed by atoms with Crippen molar-refractivity contribution in [2.45, 2.75) is 51.8 Å². The maximum Gasteiger partial charge on any atom is 0.237 e. The van der Waals surface area contributed by atoms with Crippen molar-refractivity contribution in [2.75, 3.05) is 13.1 Å². The summed E-state index contributed by atoms with van der Waals surface area (Å²) in [5.41, 5.74) is 1.24. The van der Waals surface area contributed by atoms with Gasteiger partial charge in [0.15, 0.2) is 0 Å². The average Bonchev–Trinajstić information content (AvgIpc) is 2.53. The van der Waals surface area contributed by atoms with Crippen molar-refractivity contribution in [1.82, 2.24) is 10.2 Å². The van der Waals surface area contributed by atoms with Crippen molar-refractivity contribution in [3.8, 4) is 0 Å². The number of likely N-dealkylation sites (tertiary alicyclic amines) is 1. The number of carbonyl (C=O) groups excluding carboxylic acids is 1. The van der Waals surface area contributed by atoms with Crippen molar-refractivity contribution in [1.29, 1.82) is 0 Å². The average molecular weight is 304 g/mol. The van der Waals surface area contributed by atoms with Crippen LogP contribution in [0.2, 0.25) is 0 Å². The zero-order chi connectivity index (χ0) is 15.9. The van der Waals surface area contributed by atoms with E-state index in [1.165, 1.54) is 5.56 Å². The Hall–Kier alpha value is -1.39. The summed E-state index contributed by atoms with van der Waals surface area (Å²) >= 11 is 0. The van der Waals surface area contributed by atoms with Crippen LogP contribution in [-0.2, 0) is 11.3 Å². The number of rotatable bonds is 6. The quantitative estimate of drug-likeness (QED) is 0.847. The molecule has 1 aromatic carbocycles. The van der Waals surface area contributed by atoms with Gasteiger partial charge in [-0.15, -0.1) is 0 Å². The van der Waals surface area contributed by atoms with Gasteiger partial charge in [0.05, 0.1) is 12.1 Å². The summed E-state index contributed by atoms with van der Waals surface area (Å²) in [6.07, 6.45) is 2.66. The van der Waals surface area contributed by atoms with Crippen molar-refractivity contribution in [2.24, 2.45) is 5.92 Å². The molecule has 1 amide bonds. The summed E-state index contributed by atoms with van der Waals surface area (Å²) in [6.45, 7) is 6.02. The molecule has 0 saturated carbocycles. The molecule has 4 heteroatoms. The van der Waals surface area contributed by atoms with Gasteiger partial charge in [-0.2, -0.15) is 0 Å². The third-order valence-electron chi connectivity index (χ3n) is 4.40. The lowest BCUT2D eigenvalue weighted by Gasteiger charge is -2.35. The van der Waals surface area contributed by atoms with Crippen LogP contribution in [-0.4, -0.2) is 41.1 Å². The summed E-state index contributed by atoms with van der Waals surface area (Å²) < 4.78 is 0. The minimum Gasteiger partial charge on any atom is -0.391 e. The minimum atomic E-state index is -0.477. The molecule has 4 nitrogen and oxygen atoms in total. The Morgan fingerprint density at radius 1 is 1.32 bits per heavy atom. The molecule has 1 saturated heterocycles. The Morgan fingerprint density at radius 3 is 2.73 bits per heavy atom. The molecule has 2 N–H and O–H groups in total. The number of benzene rings is 1. The van der Waals surface area contributed by atoms with E-state index in [1.807, 2.05) is 32.0 Å². The molecule has 0 aliphatic carbocycles. The zero-order valence-electron chi connectivity index (χ0n) is 13.7. The Kier molecular flexibility index (Phi) is 6.40. The molecule has 2 unspecified atom stereocenters. The maximum atomic E-state index is 12.5. The predicted molar refractivity (Wildman–Crippen MR) is 88.3 cm³/mol. The summed E-state index contributed by atoms with van der Waals surface area (Å²) in [7, 11) is 0. The van der Waals surface area contributed by atoms with Crippen LogP contribution in [0.25, 0.3) is 0 Å². The Bertz CT molecular complexity index is 461. The third-order valence-corrected chi connectivity index (χ3v) is 4.40. The maximum absolute atomic E-state index is 12.5. The van der Waals surface area contributed by atoms with Crippen LogP contribution in [0.5, 0.6) is 0 Å². The number of nitrogens with one attached hydrogen (secondary N) is 1. The highest BCUT2D eigenvalue weighted by Crippen LogP contribution is 2.20. The minimum absolute atomic E-state index is 0.0512. The van der Waals surface area contributed by atoms with E-state index >= 15 is 0 Å². The molecule has 2 rings (SSSR count). The first-order valence-electron chi connectivity index (χ1n) is 8.31. The molecule has 2 atom stereocenters. The van der Waals surface area contributed by atoms with Crippen LogP contribution in [0, 0.1) is 5.92 Å². The van der Waals surface area contributed by atoms with E-state index in [1.54, 1.807) is 0 Å². The molecule has 1 aliphatic heterocycles. The van der Waals surface area contributed by atoms with Gasteiger partial charge in [0, 0.05) is 13.1 Å². The lowest BCUT2D eigenvalue weighted by molar-refractivity contribution is -0.128. The first-order valence-corrected chi connectivity index (χ1v) is 8.31. The Balaban J connectivity index is 1.92. The molecule has 0 spiro atoms. The number of hydrogen-bond acceptors (Lipinski definition) is 3. The molecule has 1 heterocycles. The lowest BCUT2D eigenvalue weighted by Crippen LogP contribution is -2.50. The SMILES string of the molecule is CC(C)C(O)CNC(=O)C1CCCCN1Cc1ccccc1. The van der Waals surface area contributed by atoms with Crippen LogP contribution in [0.3, 0.4) is 0 Å². The zero-order valence-corrected chi connectivity index (χ0v) is 13.7. The monoisotopic (exact) mass is 304 g/mol. The fraction of sp³-hybridized carbons (Fsp3) is 0.611. The number of nitrogens with zero attached hydrogens (tertiary/aromatic N) is 1. The molecule has 0 bridgehead atoms. The van der Waals surface area contributed by atoms with E-state index in [4.69, 9.17) is 0 Å². The third kappa shape index (κ3) is 4.82. The normalized spacial score (nSPS) is 20.8. The van der Waals surface area contributed by atoms with Gasteiger partial charge in [0.2, 0.25) is 5.91 Å². The molecule has 122 valence electrons. The summed E-state index contributed by atoms with van der Waals surface area (Å²) in [5.74, 6) is 0.211. The van der Waals surface area contributed by atoms with Crippen LogP contribution >= 0.6 is 0 Å². The highest BCUT2D eigenvalue weighted by Gasteiger charge is 2.28. The lowest BCUT2D eigenvalue weighted by atomic mass is 10.00. The van der Waals surface area contributed by atoms with Gasteiger partial charge in [0.25, 0.3) is 0 Å². The van der Waals surface area contributed by atoms with Crippen molar-refractivity contribution in [3.63, 3.8) is 0 Å². The second-order valence-corrected chi connectivity index (χ2v) is 6.52. The van der Waals surface area contributed by atoms with Gasteiger partial charge in [0.1, 0.15) is 0 Å². The number of carbonyl (C=O) groups is 1. The smallest absolute Gasteiger partial charge is 0.237 e. The van der Waals surface area contributed by atoms with E-state index < -0.39 is 6.10 Å². The number of hydrogen-bond donors (Lipinski definition) is 2. The Morgan fingerprint density at radius 2 is 2.05 bits per heavy atom. The van der Waals surface area contributed by atoms with Gasteiger partial charge in [-0.05, 0) is 30.9 Å². The Labute approximate surface area is 133 Å². The molecule has 0 aromatic heterocycles. The number of aliphatic hydroxyl groups is 1. The highest BCUT2D eigenvalue weighted by atomic mass is 16.3. The molecule has 1 aromatic rings. The van der Waals surface area contributed by atoms with E-state index in [0.29, 0.717) is 6.54 Å². The van der Waals surface area contributed by atoms with Gasteiger partial charge < -0.3 is 10.4 Å². The van der Waals surface area contributed by atoms with Crippen molar-refractivity contribution < 1.29 is 9.90 Å². The molecule has 1 aliphatic rings. The van der Waals surface area contributed by atoms with Crippen molar-refractivity contribution >= 4 is 5.91 Å².